The summed E-state index contributed by atoms with van der Waals surface area (Å²) in [6.45, 7) is 6.93. The molecule has 1 fully saturated rings. The summed E-state index contributed by atoms with van der Waals surface area (Å²) in [5.74, 6) is 1.85. The summed E-state index contributed by atoms with van der Waals surface area (Å²) in [5, 5.41) is 6.80. The second-order valence-electron chi connectivity index (χ2n) is 5.18. The quantitative estimate of drug-likeness (QED) is 0.842. The molecule has 2 N–H and O–H groups in total. The Hall–Kier alpha value is -1.29. The molecule has 2 heterocycles. The molecule has 0 amide bonds. The van der Waals surface area contributed by atoms with E-state index in [1.165, 1.54) is 0 Å². The maximum absolute atomic E-state index is 5.55. The van der Waals surface area contributed by atoms with Gasteiger partial charge < -0.3 is 15.4 Å². The van der Waals surface area contributed by atoms with Crippen molar-refractivity contribution >= 4 is 11.6 Å². The van der Waals surface area contributed by atoms with Gasteiger partial charge in [0.1, 0.15) is 11.6 Å². The summed E-state index contributed by atoms with van der Waals surface area (Å²) in [4.78, 5) is 4.57. The highest BCUT2D eigenvalue weighted by atomic mass is 16.5. The third-order valence-electron chi connectivity index (χ3n) is 3.17. The van der Waals surface area contributed by atoms with Gasteiger partial charge in [-0.1, -0.05) is 13.0 Å². The van der Waals surface area contributed by atoms with Gasteiger partial charge in [-0.15, -0.1) is 0 Å². The molecule has 4 nitrogen and oxygen atoms in total. The summed E-state index contributed by atoms with van der Waals surface area (Å²) in [6.07, 6.45) is 3.34. The van der Waals surface area contributed by atoms with Crippen LogP contribution in [0.5, 0.6) is 0 Å². The molecule has 4 heteroatoms. The van der Waals surface area contributed by atoms with Gasteiger partial charge in [0.2, 0.25) is 0 Å². The lowest BCUT2D eigenvalue weighted by Crippen LogP contribution is -2.43. The molecule has 1 aromatic rings. The van der Waals surface area contributed by atoms with E-state index >= 15 is 0 Å². The zero-order valence-electron chi connectivity index (χ0n) is 11.3. The second-order valence-corrected chi connectivity index (χ2v) is 5.18. The molecule has 0 bridgehead atoms. The number of ether oxygens (including phenoxy) is 1. The summed E-state index contributed by atoms with van der Waals surface area (Å²) in [6, 6.07) is 6.04. The molecule has 0 aromatic carbocycles. The normalized spacial score (nSPS) is 23.7. The van der Waals surface area contributed by atoms with Crippen molar-refractivity contribution in [3.63, 3.8) is 0 Å². The van der Waals surface area contributed by atoms with E-state index in [2.05, 4.69) is 29.5 Å². The Kier molecular flexibility index (Phi) is 4.42. The molecular weight excluding hydrogens is 226 g/mol. The monoisotopic (exact) mass is 249 g/mol. The first-order valence-electron chi connectivity index (χ1n) is 6.79. The molecule has 0 radical (unpaired) electrons. The topological polar surface area (TPSA) is 46.2 Å². The van der Waals surface area contributed by atoms with Gasteiger partial charge in [0.05, 0.1) is 12.1 Å². The fourth-order valence-electron chi connectivity index (χ4n) is 2.20. The third-order valence-corrected chi connectivity index (χ3v) is 3.17. The van der Waals surface area contributed by atoms with Crippen LogP contribution in [-0.4, -0.2) is 30.3 Å². The minimum absolute atomic E-state index is 0.00856. The molecule has 0 spiro atoms. The first-order chi connectivity index (χ1) is 8.72. The Labute approximate surface area is 109 Å². The van der Waals surface area contributed by atoms with E-state index in [0.29, 0.717) is 0 Å². The van der Waals surface area contributed by atoms with Gasteiger partial charge in [0.25, 0.3) is 0 Å². The van der Waals surface area contributed by atoms with E-state index in [4.69, 9.17) is 4.74 Å². The fraction of sp³-hybridized carbons (Fsp3) is 0.643. The van der Waals surface area contributed by atoms with E-state index in [1.54, 1.807) is 0 Å². The predicted molar refractivity (Wildman–Crippen MR) is 75.1 cm³/mol. The van der Waals surface area contributed by atoms with Crippen molar-refractivity contribution in [3.8, 4) is 0 Å². The number of rotatable bonds is 5. The smallest absolute Gasteiger partial charge is 0.128 e. The number of nitrogens with one attached hydrogen (secondary N) is 2. The van der Waals surface area contributed by atoms with E-state index in [9.17, 15) is 0 Å². The van der Waals surface area contributed by atoms with Crippen molar-refractivity contribution in [1.82, 2.24) is 4.98 Å². The van der Waals surface area contributed by atoms with Crippen LogP contribution in [0.15, 0.2) is 18.2 Å². The van der Waals surface area contributed by atoms with Crippen LogP contribution in [0.2, 0.25) is 0 Å². The maximum atomic E-state index is 5.55. The van der Waals surface area contributed by atoms with Crippen LogP contribution in [0.4, 0.5) is 11.6 Å². The summed E-state index contributed by atoms with van der Waals surface area (Å²) in [5.41, 5.74) is 0.00856. The number of pyridine rings is 1. The van der Waals surface area contributed by atoms with Crippen molar-refractivity contribution < 1.29 is 4.74 Å². The van der Waals surface area contributed by atoms with Crippen molar-refractivity contribution in [1.29, 1.82) is 0 Å². The fourth-order valence-corrected chi connectivity index (χ4v) is 2.20. The zero-order chi connectivity index (χ0) is 12.8. The van der Waals surface area contributed by atoms with Crippen molar-refractivity contribution in [2.75, 3.05) is 30.4 Å². The first kappa shape index (κ1) is 13.1. The minimum Gasteiger partial charge on any atom is -0.379 e. The van der Waals surface area contributed by atoms with E-state index in [1.807, 2.05) is 18.2 Å². The largest absolute Gasteiger partial charge is 0.379 e. The van der Waals surface area contributed by atoms with Crippen LogP contribution in [0, 0.1) is 0 Å². The highest BCUT2D eigenvalue weighted by molar-refractivity contribution is 5.46. The lowest BCUT2D eigenvalue weighted by Gasteiger charge is -2.34. The molecule has 1 aromatic heterocycles. The van der Waals surface area contributed by atoms with Gasteiger partial charge in [-0.2, -0.15) is 0 Å². The molecular formula is C14H23N3O. The van der Waals surface area contributed by atoms with Crippen LogP contribution >= 0.6 is 0 Å². The Morgan fingerprint density at radius 2 is 2.22 bits per heavy atom. The molecule has 1 unspecified atom stereocenters. The van der Waals surface area contributed by atoms with Crippen molar-refractivity contribution in [3.05, 3.63) is 18.2 Å². The SMILES string of the molecule is CCCNc1cccc(NC2(C)CCCOC2)n1. The Balaban J connectivity index is 1.99. The Bertz CT molecular complexity index is 375. The van der Waals surface area contributed by atoms with E-state index in [0.717, 1.165) is 50.7 Å². The zero-order valence-corrected chi connectivity index (χ0v) is 11.3. The van der Waals surface area contributed by atoms with Crippen LogP contribution < -0.4 is 10.6 Å². The Morgan fingerprint density at radius 3 is 2.94 bits per heavy atom. The van der Waals surface area contributed by atoms with E-state index in [-0.39, 0.29) is 5.54 Å². The van der Waals surface area contributed by atoms with Crippen LogP contribution in [0.1, 0.15) is 33.1 Å². The molecule has 1 atom stereocenters. The van der Waals surface area contributed by atoms with Crippen molar-refractivity contribution in [2.24, 2.45) is 0 Å². The van der Waals surface area contributed by atoms with Gasteiger partial charge in [-0.05, 0) is 38.3 Å². The predicted octanol–water partition coefficient (Wildman–Crippen LogP) is 2.88. The number of hydrogen-bond donors (Lipinski definition) is 2. The number of anilines is 2. The van der Waals surface area contributed by atoms with Crippen LogP contribution in [0.3, 0.4) is 0 Å². The molecule has 1 aliphatic heterocycles. The second kappa shape index (κ2) is 6.05. The number of aromatic nitrogens is 1. The molecule has 0 aliphatic carbocycles. The molecule has 2 rings (SSSR count). The van der Waals surface area contributed by atoms with Crippen LogP contribution in [-0.2, 0) is 4.74 Å². The van der Waals surface area contributed by atoms with E-state index < -0.39 is 0 Å². The lowest BCUT2D eigenvalue weighted by atomic mass is 9.95. The first-order valence-corrected chi connectivity index (χ1v) is 6.79. The van der Waals surface area contributed by atoms with Gasteiger partial charge in [-0.25, -0.2) is 4.98 Å². The van der Waals surface area contributed by atoms with Gasteiger partial charge >= 0.3 is 0 Å². The Morgan fingerprint density at radius 1 is 1.39 bits per heavy atom. The van der Waals surface area contributed by atoms with Gasteiger partial charge in [0, 0.05) is 13.2 Å². The summed E-state index contributed by atoms with van der Waals surface area (Å²) < 4.78 is 5.55. The standard InChI is InChI=1S/C14H23N3O/c1-3-9-15-12-6-4-7-13(16-12)17-14(2)8-5-10-18-11-14/h4,6-7H,3,5,8-11H2,1-2H3,(H2,15,16,17). The summed E-state index contributed by atoms with van der Waals surface area (Å²) in [7, 11) is 0. The maximum Gasteiger partial charge on any atom is 0.128 e. The minimum atomic E-state index is 0.00856. The molecule has 0 saturated carbocycles. The van der Waals surface area contributed by atoms with Crippen LogP contribution in [0.25, 0.3) is 0 Å². The third kappa shape index (κ3) is 3.60. The molecule has 18 heavy (non-hydrogen) atoms. The number of hydrogen-bond acceptors (Lipinski definition) is 4. The molecule has 1 aliphatic rings. The average molecular weight is 249 g/mol. The lowest BCUT2D eigenvalue weighted by molar-refractivity contribution is 0.0539. The van der Waals surface area contributed by atoms with Gasteiger partial charge in [0.15, 0.2) is 0 Å². The number of nitrogens with zero attached hydrogens (tertiary/aromatic N) is 1. The highest BCUT2D eigenvalue weighted by Crippen LogP contribution is 2.23. The highest BCUT2D eigenvalue weighted by Gasteiger charge is 2.27. The summed E-state index contributed by atoms with van der Waals surface area (Å²) >= 11 is 0. The average Bonchev–Trinajstić information content (AvgIpc) is 2.37. The van der Waals surface area contributed by atoms with Gasteiger partial charge in [-0.3, -0.25) is 0 Å². The molecule has 1 saturated heterocycles. The molecule has 100 valence electrons. The van der Waals surface area contributed by atoms with Crippen molar-refractivity contribution in [2.45, 2.75) is 38.6 Å².